The van der Waals surface area contributed by atoms with E-state index in [-0.39, 0.29) is 31.0 Å². The highest BCUT2D eigenvalue weighted by atomic mass is 35.5. The Morgan fingerprint density at radius 3 is 2.72 bits per heavy atom. The average Bonchev–Trinajstić information content (AvgIpc) is 2.86. The van der Waals surface area contributed by atoms with E-state index in [1.54, 1.807) is 11.8 Å². The number of anilines is 1. The van der Waals surface area contributed by atoms with Gasteiger partial charge in [0.15, 0.2) is 0 Å². The first-order valence-electron chi connectivity index (χ1n) is 5.61. The van der Waals surface area contributed by atoms with Crippen LogP contribution in [0.5, 0.6) is 0 Å². The molecule has 1 aliphatic heterocycles. The maximum absolute atomic E-state index is 11.8. The molecule has 1 unspecified atom stereocenters. The van der Waals surface area contributed by atoms with Crippen LogP contribution in [-0.2, 0) is 11.2 Å². The molecule has 1 fully saturated rings. The molecule has 1 aromatic rings. The van der Waals surface area contributed by atoms with Gasteiger partial charge in [-0.05, 0) is 24.1 Å². The summed E-state index contributed by atoms with van der Waals surface area (Å²) in [5.41, 5.74) is 1.87. The van der Waals surface area contributed by atoms with E-state index >= 15 is 0 Å². The normalized spacial score (nSPS) is 18.2. The SMILES string of the molecule is Cl.O=C(Nc1ccc(CCO)cc1)C1CSCN1. The maximum Gasteiger partial charge on any atom is 0.242 e. The summed E-state index contributed by atoms with van der Waals surface area (Å²) >= 11 is 1.73. The van der Waals surface area contributed by atoms with Crippen molar-refractivity contribution in [3.8, 4) is 0 Å². The van der Waals surface area contributed by atoms with Crippen molar-refractivity contribution in [3.63, 3.8) is 0 Å². The fourth-order valence-electron chi connectivity index (χ4n) is 1.68. The van der Waals surface area contributed by atoms with Crippen molar-refractivity contribution in [2.75, 3.05) is 23.6 Å². The molecule has 0 spiro atoms. The number of carbonyl (C=O) groups excluding carboxylic acids is 1. The number of benzene rings is 1. The largest absolute Gasteiger partial charge is 0.396 e. The number of hydrogen-bond acceptors (Lipinski definition) is 4. The second-order valence-electron chi connectivity index (χ2n) is 3.93. The van der Waals surface area contributed by atoms with E-state index in [0.29, 0.717) is 6.42 Å². The van der Waals surface area contributed by atoms with E-state index < -0.39 is 0 Å². The molecule has 1 amide bonds. The van der Waals surface area contributed by atoms with E-state index in [1.165, 1.54) is 0 Å². The minimum Gasteiger partial charge on any atom is -0.396 e. The molecule has 100 valence electrons. The van der Waals surface area contributed by atoms with Crippen LogP contribution in [0.25, 0.3) is 0 Å². The average molecular weight is 289 g/mol. The molecule has 1 aliphatic rings. The van der Waals surface area contributed by atoms with Crippen molar-refractivity contribution in [2.24, 2.45) is 0 Å². The third-order valence-corrected chi connectivity index (χ3v) is 3.59. The van der Waals surface area contributed by atoms with Gasteiger partial charge in [-0.1, -0.05) is 12.1 Å². The number of carbonyl (C=O) groups is 1. The van der Waals surface area contributed by atoms with Crippen molar-refractivity contribution in [1.29, 1.82) is 0 Å². The van der Waals surface area contributed by atoms with Crippen LogP contribution >= 0.6 is 24.2 Å². The number of aliphatic hydroxyl groups is 1. The summed E-state index contributed by atoms with van der Waals surface area (Å²) in [6, 6.07) is 7.48. The second-order valence-corrected chi connectivity index (χ2v) is 4.96. The summed E-state index contributed by atoms with van der Waals surface area (Å²) in [6.07, 6.45) is 0.648. The Kier molecular flexibility index (Phi) is 6.49. The smallest absolute Gasteiger partial charge is 0.242 e. The predicted molar refractivity (Wildman–Crippen MR) is 77.4 cm³/mol. The number of halogens is 1. The summed E-state index contributed by atoms with van der Waals surface area (Å²) in [4.78, 5) is 11.8. The molecule has 6 heteroatoms. The van der Waals surface area contributed by atoms with Gasteiger partial charge in [0.2, 0.25) is 5.91 Å². The first kappa shape index (κ1) is 15.3. The van der Waals surface area contributed by atoms with Crippen LogP contribution in [0, 0.1) is 0 Å². The molecule has 1 aromatic carbocycles. The van der Waals surface area contributed by atoms with Crippen LogP contribution < -0.4 is 10.6 Å². The summed E-state index contributed by atoms with van der Waals surface area (Å²) < 4.78 is 0. The minimum absolute atomic E-state index is 0. The lowest BCUT2D eigenvalue weighted by molar-refractivity contribution is -0.117. The van der Waals surface area contributed by atoms with Gasteiger partial charge in [-0.15, -0.1) is 24.2 Å². The van der Waals surface area contributed by atoms with Crippen molar-refractivity contribution in [1.82, 2.24) is 5.32 Å². The fourth-order valence-corrected chi connectivity index (χ4v) is 2.62. The van der Waals surface area contributed by atoms with Gasteiger partial charge in [-0.3, -0.25) is 10.1 Å². The molecule has 0 aromatic heterocycles. The minimum atomic E-state index is -0.0860. The summed E-state index contributed by atoms with van der Waals surface area (Å²) in [5.74, 6) is 1.69. The predicted octanol–water partition coefficient (Wildman–Crippen LogP) is 1.24. The lowest BCUT2D eigenvalue weighted by Crippen LogP contribution is -2.37. The van der Waals surface area contributed by atoms with Crippen molar-refractivity contribution in [3.05, 3.63) is 29.8 Å². The summed E-state index contributed by atoms with van der Waals surface area (Å²) in [5, 5.41) is 14.8. The summed E-state index contributed by atoms with van der Waals surface area (Å²) in [7, 11) is 0. The van der Waals surface area contributed by atoms with E-state index in [1.807, 2.05) is 24.3 Å². The Morgan fingerprint density at radius 1 is 1.44 bits per heavy atom. The highest BCUT2D eigenvalue weighted by Crippen LogP contribution is 2.14. The number of aliphatic hydroxyl groups excluding tert-OH is 1. The van der Waals surface area contributed by atoms with E-state index in [4.69, 9.17) is 5.11 Å². The Labute approximate surface area is 117 Å². The molecular weight excluding hydrogens is 272 g/mol. The molecule has 18 heavy (non-hydrogen) atoms. The Morgan fingerprint density at radius 2 is 2.17 bits per heavy atom. The van der Waals surface area contributed by atoms with Gasteiger partial charge >= 0.3 is 0 Å². The zero-order valence-electron chi connectivity index (χ0n) is 9.89. The Hall–Kier alpha value is -0.750. The molecule has 0 bridgehead atoms. The Bertz CT molecular complexity index is 380. The van der Waals surface area contributed by atoms with Gasteiger partial charge in [-0.2, -0.15) is 0 Å². The van der Waals surface area contributed by atoms with Crippen LogP contribution in [0.1, 0.15) is 5.56 Å². The highest BCUT2D eigenvalue weighted by molar-refractivity contribution is 7.99. The number of nitrogens with one attached hydrogen (secondary N) is 2. The van der Waals surface area contributed by atoms with Crippen molar-refractivity contribution in [2.45, 2.75) is 12.5 Å². The number of thioether (sulfide) groups is 1. The molecule has 3 N–H and O–H groups in total. The molecule has 0 saturated carbocycles. The van der Waals surface area contributed by atoms with E-state index in [2.05, 4.69) is 10.6 Å². The van der Waals surface area contributed by atoms with Gasteiger partial charge in [0, 0.05) is 23.9 Å². The molecule has 0 radical (unpaired) electrons. The molecule has 1 heterocycles. The number of amides is 1. The van der Waals surface area contributed by atoms with Gasteiger partial charge < -0.3 is 10.4 Å². The third-order valence-electron chi connectivity index (χ3n) is 2.65. The van der Waals surface area contributed by atoms with Crippen molar-refractivity contribution < 1.29 is 9.90 Å². The molecule has 0 aliphatic carbocycles. The molecule has 4 nitrogen and oxygen atoms in total. The molecule has 1 atom stereocenters. The highest BCUT2D eigenvalue weighted by Gasteiger charge is 2.22. The fraction of sp³-hybridized carbons (Fsp3) is 0.417. The second kappa shape index (κ2) is 7.63. The van der Waals surface area contributed by atoms with Gasteiger partial charge in [-0.25, -0.2) is 0 Å². The molecule has 1 saturated heterocycles. The zero-order valence-corrected chi connectivity index (χ0v) is 11.5. The first-order chi connectivity index (χ1) is 8.29. The maximum atomic E-state index is 11.8. The Balaban J connectivity index is 0.00000162. The first-order valence-corrected chi connectivity index (χ1v) is 6.77. The van der Waals surface area contributed by atoms with E-state index in [0.717, 1.165) is 22.9 Å². The van der Waals surface area contributed by atoms with Crippen LogP contribution in [0.15, 0.2) is 24.3 Å². The third kappa shape index (κ3) is 4.17. The molecule has 2 rings (SSSR count). The quantitative estimate of drug-likeness (QED) is 0.780. The van der Waals surface area contributed by atoms with Gasteiger partial charge in [0.25, 0.3) is 0 Å². The van der Waals surface area contributed by atoms with Crippen LogP contribution in [0.3, 0.4) is 0 Å². The van der Waals surface area contributed by atoms with Crippen LogP contribution in [0.4, 0.5) is 5.69 Å². The standard InChI is InChI=1S/C12H16N2O2S.ClH/c15-6-5-9-1-3-10(4-2-9)14-12(16)11-7-17-8-13-11;/h1-4,11,13,15H,5-8H2,(H,14,16);1H. The number of hydrogen-bond donors (Lipinski definition) is 3. The van der Waals surface area contributed by atoms with Gasteiger partial charge in [0.1, 0.15) is 0 Å². The zero-order chi connectivity index (χ0) is 12.1. The van der Waals surface area contributed by atoms with Crippen LogP contribution in [0.2, 0.25) is 0 Å². The number of rotatable bonds is 4. The van der Waals surface area contributed by atoms with Gasteiger partial charge in [0.05, 0.1) is 6.04 Å². The van der Waals surface area contributed by atoms with Crippen molar-refractivity contribution >= 4 is 35.8 Å². The van der Waals surface area contributed by atoms with E-state index in [9.17, 15) is 4.79 Å². The molecular formula is C12H17ClN2O2S. The lowest BCUT2D eigenvalue weighted by Gasteiger charge is -2.10. The summed E-state index contributed by atoms with van der Waals surface area (Å²) in [6.45, 7) is 0.148. The van der Waals surface area contributed by atoms with Crippen LogP contribution in [-0.4, -0.2) is 35.3 Å². The lowest BCUT2D eigenvalue weighted by atomic mass is 10.1. The topological polar surface area (TPSA) is 61.4 Å². The monoisotopic (exact) mass is 288 g/mol.